The smallest absolute Gasteiger partial charge is 0.217 e. The van der Waals surface area contributed by atoms with Crippen molar-refractivity contribution in [1.29, 1.82) is 0 Å². The van der Waals surface area contributed by atoms with Crippen LogP contribution in [0.25, 0.3) is 10.9 Å². The first-order valence-electron chi connectivity index (χ1n) is 6.02. The molecule has 1 heterocycles. The van der Waals surface area contributed by atoms with E-state index in [4.69, 9.17) is 11.6 Å². The quantitative estimate of drug-likeness (QED) is 0.682. The zero-order chi connectivity index (χ0) is 14.1. The molecule has 0 amide bonds. The number of alkyl halides is 1. The molecule has 3 rings (SSSR count). The second-order valence-corrected chi connectivity index (χ2v) is 4.79. The Bertz CT molecular complexity index is 770. The lowest BCUT2D eigenvalue weighted by atomic mass is 10.2. The van der Waals surface area contributed by atoms with Crippen LogP contribution in [0.1, 0.15) is 22.3 Å². The fourth-order valence-electron chi connectivity index (χ4n) is 2.15. The van der Waals surface area contributed by atoms with Crippen LogP contribution in [0.15, 0.2) is 48.5 Å². The Morgan fingerprint density at radius 2 is 1.95 bits per heavy atom. The average Bonchev–Trinajstić information content (AvgIpc) is 2.85. The second kappa shape index (κ2) is 5.06. The number of halogens is 2. The highest BCUT2D eigenvalue weighted by Gasteiger charge is 2.18. The van der Waals surface area contributed by atoms with Gasteiger partial charge in [0.2, 0.25) is 6.30 Å². The van der Waals surface area contributed by atoms with E-state index in [2.05, 4.69) is 5.10 Å². The summed E-state index contributed by atoms with van der Waals surface area (Å²) in [5.41, 5.74) is 1.17. The van der Waals surface area contributed by atoms with Crippen LogP contribution in [0.5, 0.6) is 0 Å². The summed E-state index contributed by atoms with van der Waals surface area (Å²) in [6.07, 6.45) is -0.851. The first kappa shape index (κ1) is 12.8. The minimum absolute atomic E-state index is 0.204. The van der Waals surface area contributed by atoms with Crippen molar-refractivity contribution in [2.24, 2.45) is 0 Å². The molecule has 0 radical (unpaired) electrons. The molecule has 1 atom stereocenters. The van der Waals surface area contributed by atoms with Gasteiger partial charge in [-0.2, -0.15) is 5.10 Å². The lowest BCUT2D eigenvalue weighted by Crippen LogP contribution is -2.07. The van der Waals surface area contributed by atoms with E-state index in [0.29, 0.717) is 27.8 Å². The Labute approximate surface area is 119 Å². The van der Waals surface area contributed by atoms with Crippen molar-refractivity contribution in [3.05, 3.63) is 64.8 Å². The number of fused-ring (bicyclic) bond motifs is 1. The summed E-state index contributed by atoms with van der Waals surface area (Å²) in [5, 5.41) is 5.10. The minimum atomic E-state index is -1.47. The number of aromatic nitrogens is 2. The topological polar surface area (TPSA) is 34.9 Å². The van der Waals surface area contributed by atoms with Crippen molar-refractivity contribution >= 4 is 28.8 Å². The molecule has 3 nitrogen and oxygen atoms in total. The molecule has 1 unspecified atom stereocenters. The van der Waals surface area contributed by atoms with Crippen molar-refractivity contribution in [2.75, 3.05) is 0 Å². The summed E-state index contributed by atoms with van der Waals surface area (Å²) in [6.45, 7) is 0. The maximum atomic E-state index is 14.6. The van der Waals surface area contributed by atoms with Gasteiger partial charge in [-0.25, -0.2) is 9.07 Å². The SMILES string of the molecule is O=Cc1nn(C(F)c2ccccc2)c2cc(Cl)ccc12. The molecule has 0 aliphatic heterocycles. The van der Waals surface area contributed by atoms with E-state index in [1.54, 1.807) is 42.5 Å². The third-order valence-corrected chi connectivity index (χ3v) is 3.33. The van der Waals surface area contributed by atoms with E-state index in [0.717, 1.165) is 0 Å². The van der Waals surface area contributed by atoms with Crippen LogP contribution < -0.4 is 0 Å². The van der Waals surface area contributed by atoms with E-state index in [9.17, 15) is 9.18 Å². The molecule has 3 aromatic rings. The highest BCUT2D eigenvalue weighted by molar-refractivity contribution is 6.31. The van der Waals surface area contributed by atoms with Gasteiger partial charge in [-0.15, -0.1) is 0 Å². The fraction of sp³-hybridized carbons (Fsp3) is 0.0667. The van der Waals surface area contributed by atoms with E-state index >= 15 is 0 Å². The van der Waals surface area contributed by atoms with Crippen molar-refractivity contribution in [3.63, 3.8) is 0 Å². The van der Waals surface area contributed by atoms with E-state index < -0.39 is 6.30 Å². The molecule has 1 aromatic heterocycles. The number of aldehydes is 1. The predicted octanol–water partition coefficient (Wildman–Crippen LogP) is 4.02. The maximum Gasteiger partial charge on any atom is 0.217 e. The van der Waals surface area contributed by atoms with Gasteiger partial charge in [0.15, 0.2) is 6.29 Å². The van der Waals surface area contributed by atoms with Crippen LogP contribution in [0.2, 0.25) is 5.02 Å². The van der Waals surface area contributed by atoms with Gasteiger partial charge in [0.25, 0.3) is 0 Å². The third-order valence-electron chi connectivity index (χ3n) is 3.10. The van der Waals surface area contributed by atoms with E-state index in [1.165, 1.54) is 4.68 Å². The number of rotatable bonds is 3. The van der Waals surface area contributed by atoms with Gasteiger partial charge in [0.1, 0.15) is 5.69 Å². The standard InChI is InChI=1S/C15H10ClFN2O/c16-11-6-7-12-13(9-20)18-19(14(12)8-11)15(17)10-4-2-1-3-5-10/h1-9,15H. The van der Waals surface area contributed by atoms with Crippen molar-refractivity contribution < 1.29 is 9.18 Å². The van der Waals surface area contributed by atoms with Gasteiger partial charge >= 0.3 is 0 Å². The predicted molar refractivity (Wildman–Crippen MR) is 75.8 cm³/mol. The van der Waals surface area contributed by atoms with Gasteiger partial charge in [0.05, 0.1) is 5.52 Å². The van der Waals surface area contributed by atoms with Crippen LogP contribution in [0, 0.1) is 0 Å². The molecule has 20 heavy (non-hydrogen) atoms. The lowest BCUT2D eigenvalue weighted by molar-refractivity contribution is 0.111. The highest BCUT2D eigenvalue weighted by Crippen LogP contribution is 2.28. The fourth-order valence-corrected chi connectivity index (χ4v) is 2.31. The Morgan fingerprint density at radius 3 is 2.65 bits per heavy atom. The number of carbonyl (C=O) groups excluding carboxylic acids is 1. The van der Waals surface area contributed by atoms with Gasteiger partial charge < -0.3 is 0 Å². The molecule has 0 fully saturated rings. The van der Waals surface area contributed by atoms with Crippen LogP contribution in [0.4, 0.5) is 4.39 Å². The molecule has 0 aliphatic rings. The molecule has 100 valence electrons. The number of benzene rings is 2. The Morgan fingerprint density at radius 1 is 1.20 bits per heavy atom. The summed E-state index contributed by atoms with van der Waals surface area (Å²) in [6, 6.07) is 13.6. The first-order chi connectivity index (χ1) is 9.70. The first-order valence-corrected chi connectivity index (χ1v) is 6.40. The monoisotopic (exact) mass is 288 g/mol. The molecule has 0 spiro atoms. The summed E-state index contributed by atoms with van der Waals surface area (Å²) >= 11 is 5.94. The number of hydrogen-bond acceptors (Lipinski definition) is 2. The summed E-state index contributed by atoms with van der Waals surface area (Å²) in [5.74, 6) is 0. The molecule has 0 bridgehead atoms. The average molecular weight is 289 g/mol. The van der Waals surface area contributed by atoms with Crippen LogP contribution in [-0.2, 0) is 0 Å². The zero-order valence-electron chi connectivity index (χ0n) is 10.3. The molecule has 0 N–H and O–H groups in total. The number of nitrogens with zero attached hydrogens (tertiary/aromatic N) is 2. The van der Waals surface area contributed by atoms with E-state index in [-0.39, 0.29) is 5.69 Å². The maximum absolute atomic E-state index is 14.6. The van der Waals surface area contributed by atoms with Crippen LogP contribution in [-0.4, -0.2) is 16.1 Å². The van der Waals surface area contributed by atoms with Gasteiger partial charge in [0, 0.05) is 16.0 Å². The van der Waals surface area contributed by atoms with Crippen LogP contribution >= 0.6 is 11.6 Å². The third kappa shape index (κ3) is 2.08. The van der Waals surface area contributed by atoms with Gasteiger partial charge in [-0.1, -0.05) is 41.9 Å². The van der Waals surface area contributed by atoms with Crippen molar-refractivity contribution in [3.8, 4) is 0 Å². The van der Waals surface area contributed by atoms with Crippen LogP contribution in [0.3, 0.4) is 0 Å². The molecule has 5 heteroatoms. The van der Waals surface area contributed by atoms with Crippen molar-refractivity contribution in [2.45, 2.75) is 6.30 Å². The number of hydrogen-bond donors (Lipinski definition) is 0. The molecule has 0 aliphatic carbocycles. The summed E-state index contributed by atoms with van der Waals surface area (Å²) < 4.78 is 15.8. The highest BCUT2D eigenvalue weighted by atomic mass is 35.5. The molecule has 2 aromatic carbocycles. The largest absolute Gasteiger partial charge is 0.296 e. The molecular weight excluding hydrogens is 279 g/mol. The zero-order valence-corrected chi connectivity index (χ0v) is 11.1. The van der Waals surface area contributed by atoms with Gasteiger partial charge in [-0.05, 0) is 18.2 Å². The van der Waals surface area contributed by atoms with Gasteiger partial charge in [-0.3, -0.25) is 4.79 Å². The Hall–Kier alpha value is -2.20. The Kier molecular flexibility index (Phi) is 3.24. The number of carbonyl (C=O) groups is 1. The molecule has 0 saturated carbocycles. The van der Waals surface area contributed by atoms with E-state index in [1.807, 2.05) is 6.07 Å². The second-order valence-electron chi connectivity index (χ2n) is 4.36. The minimum Gasteiger partial charge on any atom is -0.296 e. The lowest BCUT2D eigenvalue weighted by Gasteiger charge is -2.10. The van der Waals surface area contributed by atoms with Crippen molar-refractivity contribution in [1.82, 2.24) is 9.78 Å². The summed E-state index contributed by atoms with van der Waals surface area (Å²) in [7, 11) is 0. The normalized spacial score (nSPS) is 12.5. The molecular formula is C15H10ClFN2O. The molecule has 0 saturated heterocycles. The Balaban J connectivity index is 2.21. The summed E-state index contributed by atoms with van der Waals surface area (Å²) in [4.78, 5) is 11.0.